The van der Waals surface area contributed by atoms with Gasteiger partial charge in [0.25, 0.3) is 0 Å². The molecule has 0 atom stereocenters. The van der Waals surface area contributed by atoms with Gasteiger partial charge in [0, 0.05) is 0 Å². The standard InChI is InChI=1S/C10H19NO2/c1-2-3-6-13-10(12)8-11-7-9-4-5-9/h9,11H,2-8H2,1H3. The van der Waals surface area contributed by atoms with Gasteiger partial charge in [-0.2, -0.15) is 0 Å². The fourth-order valence-electron chi connectivity index (χ4n) is 1.08. The molecule has 0 aromatic heterocycles. The van der Waals surface area contributed by atoms with Crippen molar-refractivity contribution in [1.82, 2.24) is 5.32 Å². The highest BCUT2D eigenvalue weighted by Crippen LogP contribution is 2.27. The Bertz CT molecular complexity index is 155. The van der Waals surface area contributed by atoms with E-state index in [2.05, 4.69) is 12.2 Å². The van der Waals surface area contributed by atoms with Crippen LogP contribution < -0.4 is 5.32 Å². The summed E-state index contributed by atoms with van der Waals surface area (Å²) >= 11 is 0. The number of hydrogen-bond donors (Lipinski definition) is 1. The van der Waals surface area contributed by atoms with Crippen LogP contribution in [0, 0.1) is 5.92 Å². The molecule has 1 aliphatic carbocycles. The van der Waals surface area contributed by atoms with Crippen molar-refractivity contribution in [3.05, 3.63) is 0 Å². The summed E-state index contributed by atoms with van der Waals surface area (Å²) in [6, 6.07) is 0. The Hall–Kier alpha value is -0.570. The van der Waals surface area contributed by atoms with Gasteiger partial charge in [0.05, 0.1) is 13.2 Å². The zero-order valence-electron chi connectivity index (χ0n) is 8.34. The third-order valence-electron chi connectivity index (χ3n) is 2.16. The van der Waals surface area contributed by atoms with Crippen LogP contribution in [0.3, 0.4) is 0 Å². The SMILES string of the molecule is CCCCOC(=O)CNCC1CC1. The Morgan fingerprint density at radius 3 is 2.92 bits per heavy atom. The Morgan fingerprint density at radius 1 is 1.54 bits per heavy atom. The maximum Gasteiger partial charge on any atom is 0.319 e. The second kappa shape index (κ2) is 5.97. The summed E-state index contributed by atoms with van der Waals surface area (Å²) in [4.78, 5) is 11.0. The molecule has 0 unspecified atom stereocenters. The van der Waals surface area contributed by atoms with E-state index < -0.39 is 0 Å². The molecule has 1 aliphatic rings. The first-order valence-electron chi connectivity index (χ1n) is 5.19. The lowest BCUT2D eigenvalue weighted by atomic mass is 10.4. The molecule has 0 saturated heterocycles. The largest absolute Gasteiger partial charge is 0.465 e. The van der Waals surface area contributed by atoms with E-state index in [1.807, 2.05) is 0 Å². The van der Waals surface area contributed by atoms with Crippen molar-refractivity contribution >= 4 is 5.97 Å². The molecule has 0 heterocycles. The lowest BCUT2D eigenvalue weighted by Crippen LogP contribution is -2.26. The number of unbranched alkanes of at least 4 members (excludes halogenated alkanes) is 1. The van der Waals surface area contributed by atoms with Gasteiger partial charge in [-0.15, -0.1) is 0 Å². The normalized spacial score (nSPS) is 15.8. The number of carbonyl (C=O) groups excluding carboxylic acids is 1. The molecule has 0 aliphatic heterocycles. The monoisotopic (exact) mass is 185 g/mol. The van der Waals surface area contributed by atoms with Crippen molar-refractivity contribution in [2.75, 3.05) is 19.7 Å². The van der Waals surface area contributed by atoms with Crippen molar-refractivity contribution in [3.8, 4) is 0 Å². The second-order valence-electron chi connectivity index (χ2n) is 3.65. The van der Waals surface area contributed by atoms with E-state index in [-0.39, 0.29) is 5.97 Å². The van der Waals surface area contributed by atoms with Gasteiger partial charge in [-0.1, -0.05) is 13.3 Å². The van der Waals surface area contributed by atoms with Gasteiger partial charge in [-0.25, -0.2) is 0 Å². The maximum absolute atomic E-state index is 11.0. The molecule has 0 amide bonds. The van der Waals surface area contributed by atoms with Gasteiger partial charge in [0.15, 0.2) is 0 Å². The Balaban J connectivity index is 1.84. The lowest BCUT2D eigenvalue weighted by Gasteiger charge is -2.04. The van der Waals surface area contributed by atoms with Crippen molar-refractivity contribution < 1.29 is 9.53 Å². The van der Waals surface area contributed by atoms with Crippen LogP contribution in [0.1, 0.15) is 32.6 Å². The average Bonchev–Trinajstić information content (AvgIpc) is 2.89. The van der Waals surface area contributed by atoms with Crippen LogP contribution in [-0.2, 0) is 9.53 Å². The lowest BCUT2D eigenvalue weighted by molar-refractivity contribution is -0.142. The molecule has 0 aromatic carbocycles. The van der Waals surface area contributed by atoms with E-state index >= 15 is 0 Å². The number of esters is 1. The predicted octanol–water partition coefficient (Wildman–Crippen LogP) is 1.33. The molecular formula is C10H19NO2. The van der Waals surface area contributed by atoms with Crippen LogP contribution in [-0.4, -0.2) is 25.7 Å². The first-order chi connectivity index (χ1) is 6.33. The van der Waals surface area contributed by atoms with Crippen molar-refractivity contribution in [3.63, 3.8) is 0 Å². The van der Waals surface area contributed by atoms with Crippen molar-refractivity contribution in [2.24, 2.45) is 5.92 Å². The first-order valence-corrected chi connectivity index (χ1v) is 5.19. The van der Waals surface area contributed by atoms with Crippen LogP contribution in [0.15, 0.2) is 0 Å². The zero-order valence-corrected chi connectivity index (χ0v) is 8.34. The molecular weight excluding hydrogens is 166 g/mol. The predicted molar refractivity (Wildman–Crippen MR) is 51.5 cm³/mol. The molecule has 0 spiro atoms. The molecule has 1 rings (SSSR count). The summed E-state index contributed by atoms with van der Waals surface area (Å²) in [5, 5.41) is 3.10. The number of nitrogens with one attached hydrogen (secondary N) is 1. The number of carbonyl (C=O) groups is 1. The van der Waals surface area contributed by atoms with Crippen LogP contribution in [0.4, 0.5) is 0 Å². The minimum atomic E-state index is -0.117. The van der Waals surface area contributed by atoms with E-state index in [9.17, 15) is 4.79 Å². The smallest absolute Gasteiger partial charge is 0.319 e. The molecule has 1 fully saturated rings. The quantitative estimate of drug-likeness (QED) is 0.480. The summed E-state index contributed by atoms with van der Waals surface area (Å²) in [7, 11) is 0. The molecule has 0 aromatic rings. The van der Waals surface area contributed by atoms with Crippen LogP contribution in [0.2, 0.25) is 0 Å². The highest BCUT2D eigenvalue weighted by atomic mass is 16.5. The van der Waals surface area contributed by atoms with Gasteiger partial charge < -0.3 is 10.1 Å². The number of rotatable bonds is 7. The molecule has 3 heteroatoms. The first kappa shape index (κ1) is 10.5. The van der Waals surface area contributed by atoms with Crippen LogP contribution in [0.5, 0.6) is 0 Å². The Labute approximate surface area is 79.8 Å². The van der Waals surface area contributed by atoms with Crippen LogP contribution in [0.25, 0.3) is 0 Å². The highest BCUT2D eigenvalue weighted by Gasteiger charge is 2.20. The van der Waals surface area contributed by atoms with E-state index in [4.69, 9.17) is 4.74 Å². The highest BCUT2D eigenvalue weighted by molar-refractivity contribution is 5.71. The van der Waals surface area contributed by atoms with Gasteiger partial charge in [0.2, 0.25) is 0 Å². The fraction of sp³-hybridized carbons (Fsp3) is 0.900. The third-order valence-corrected chi connectivity index (χ3v) is 2.16. The van der Waals surface area contributed by atoms with E-state index in [0.29, 0.717) is 13.2 Å². The summed E-state index contributed by atoms with van der Waals surface area (Å²) in [6.07, 6.45) is 4.67. The molecule has 0 bridgehead atoms. The molecule has 3 nitrogen and oxygen atoms in total. The molecule has 1 saturated carbocycles. The minimum absolute atomic E-state index is 0.117. The van der Waals surface area contributed by atoms with Crippen molar-refractivity contribution in [1.29, 1.82) is 0 Å². The third kappa shape index (κ3) is 5.64. The van der Waals surface area contributed by atoms with Gasteiger partial charge in [-0.05, 0) is 31.7 Å². The fourth-order valence-corrected chi connectivity index (χ4v) is 1.08. The topological polar surface area (TPSA) is 38.3 Å². The van der Waals surface area contributed by atoms with E-state index in [1.54, 1.807) is 0 Å². The molecule has 13 heavy (non-hydrogen) atoms. The second-order valence-corrected chi connectivity index (χ2v) is 3.65. The van der Waals surface area contributed by atoms with Crippen molar-refractivity contribution in [2.45, 2.75) is 32.6 Å². The Kier molecular flexibility index (Phi) is 4.83. The van der Waals surface area contributed by atoms with E-state index in [0.717, 1.165) is 25.3 Å². The molecule has 0 radical (unpaired) electrons. The Morgan fingerprint density at radius 2 is 2.31 bits per heavy atom. The summed E-state index contributed by atoms with van der Waals surface area (Å²) in [5.74, 6) is 0.706. The average molecular weight is 185 g/mol. The van der Waals surface area contributed by atoms with Gasteiger partial charge >= 0.3 is 5.97 Å². The van der Waals surface area contributed by atoms with E-state index in [1.165, 1.54) is 12.8 Å². The van der Waals surface area contributed by atoms with Gasteiger partial charge in [0.1, 0.15) is 0 Å². The zero-order chi connectivity index (χ0) is 9.52. The minimum Gasteiger partial charge on any atom is -0.465 e. The summed E-state index contributed by atoms with van der Waals surface area (Å²) in [5.41, 5.74) is 0. The maximum atomic E-state index is 11.0. The summed E-state index contributed by atoms with van der Waals surface area (Å²) in [6.45, 7) is 4.00. The molecule has 76 valence electrons. The number of ether oxygens (including phenoxy) is 1. The van der Waals surface area contributed by atoms with Crippen LogP contribution >= 0.6 is 0 Å². The van der Waals surface area contributed by atoms with Gasteiger partial charge in [-0.3, -0.25) is 4.79 Å². The molecule has 1 N–H and O–H groups in total. The number of hydrogen-bond acceptors (Lipinski definition) is 3. The summed E-state index contributed by atoms with van der Waals surface area (Å²) < 4.78 is 4.98.